The van der Waals surface area contributed by atoms with Crippen molar-refractivity contribution in [3.05, 3.63) is 33.4 Å². The number of hydrogen-bond donors (Lipinski definition) is 0. The topological polar surface area (TPSA) is 51.2 Å². The van der Waals surface area contributed by atoms with Crippen molar-refractivity contribution in [2.45, 2.75) is 6.92 Å². The van der Waals surface area contributed by atoms with Gasteiger partial charge in [0.25, 0.3) is 0 Å². The zero-order chi connectivity index (χ0) is 9.14. The van der Waals surface area contributed by atoms with Gasteiger partial charge in [-0.3, -0.25) is 4.79 Å². The number of benzene rings is 1. The van der Waals surface area contributed by atoms with Crippen molar-refractivity contribution in [2.75, 3.05) is 0 Å². The summed E-state index contributed by atoms with van der Waals surface area (Å²) in [6.07, 6.45) is 0. The maximum atomic E-state index is 10.8. The number of Topliss-reactive ketones (excluding diaryl/α,β-unsaturated/α-hetero) is 1. The average molecular weight is 278 g/mol. The molecule has 0 atom stereocenters. The Hall–Kier alpha value is -0.780. The third kappa shape index (κ3) is 2.10. The molecule has 12 heavy (non-hydrogen) atoms. The molecule has 0 aliphatic carbocycles. The summed E-state index contributed by atoms with van der Waals surface area (Å²) >= 11 is -3.41. The minimum absolute atomic E-state index is 0.116. The zero-order valence-corrected chi connectivity index (χ0v) is 8.57. The first-order valence-corrected chi connectivity index (χ1v) is 6.11. The van der Waals surface area contributed by atoms with E-state index in [2.05, 4.69) is 0 Å². The van der Waals surface area contributed by atoms with Crippen LogP contribution in [0.2, 0.25) is 0 Å². The third-order valence-corrected chi connectivity index (χ3v) is 3.10. The monoisotopic (exact) mass is 278 g/mol. The van der Waals surface area contributed by atoms with Gasteiger partial charge in [0.2, 0.25) is 0 Å². The average Bonchev–Trinajstić information content (AvgIpc) is 2.04. The minimum Gasteiger partial charge on any atom is -0.295 e. The number of rotatable bonds is 2. The summed E-state index contributed by atoms with van der Waals surface area (Å²) in [5, 5.41) is 0. The molecule has 0 saturated heterocycles. The number of carbonyl (C=O) groups is 1. The van der Waals surface area contributed by atoms with Crippen LogP contribution in [0.3, 0.4) is 0 Å². The van der Waals surface area contributed by atoms with E-state index in [9.17, 15) is 10.9 Å². The second-order valence-electron chi connectivity index (χ2n) is 2.28. The molecule has 0 amide bonds. The smallest absolute Gasteiger partial charge is 0.295 e. The molecule has 1 aromatic carbocycles. The van der Waals surface area contributed by atoms with Gasteiger partial charge in [-0.2, -0.15) is 0 Å². The van der Waals surface area contributed by atoms with Crippen LogP contribution in [0, 0.1) is 3.57 Å². The van der Waals surface area contributed by atoms with Crippen molar-refractivity contribution in [3.8, 4) is 0 Å². The molecule has 64 valence electrons. The Morgan fingerprint density at radius 3 is 2.50 bits per heavy atom. The van der Waals surface area contributed by atoms with Crippen LogP contribution in [0.15, 0.2) is 24.3 Å². The lowest BCUT2D eigenvalue weighted by molar-refractivity contribution is 0.101. The molecule has 0 radical (unpaired) electrons. The van der Waals surface area contributed by atoms with Gasteiger partial charge in [-0.05, 0) is 19.1 Å². The molecule has 1 rings (SSSR count). The molecule has 0 unspecified atom stereocenters. The molecule has 0 aromatic heterocycles. The summed E-state index contributed by atoms with van der Waals surface area (Å²) in [5.74, 6) is -0.116. The van der Waals surface area contributed by atoms with Crippen LogP contribution in [-0.4, -0.2) is 5.78 Å². The van der Waals surface area contributed by atoms with E-state index in [1.165, 1.54) is 19.1 Å². The van der Waals surface area contributed by atoms with E-state index in [1.807, 2.05) is 0 Å². The van der Waals surface area contributed by atoms with Crippen molar-refractivity contribution >= 4 is 25.6 Å². The molecule has 3 nitrogen and oxygen atoms in total. The maximum Gasteiger partial charge on any atom is 0.340 e. The molecule has 0 saturated carbocycles. The van der Waals surface area contributed by atoms with Gasteiger partial charge in [0.05, 0.1) is 3.57 Å². The second-order valence-corrected chi connectivity index (χ2v) is 4.77. The first-order valence-electron chi connectivity index (χ1n) is 3.27. The fourth-order valence-electron chi connectivity index (χ4n) is 0.803. The van der Waals surface area contributed by atoms with E-state index in [1.54, 1.807) is 12.1 Å². The van der Waals surface area contributed by atoms with Crippen molar-refractivity contribution < 1.29 is 10.9 Å². The number of hydrogen-bond acceptors (Lipinski definition) is 3. The molecule has 0 heterocycles. The largest absolute Gasteiger partial charge is 0.340 e. The van der Waals surface area contributed by atoms with Crippen LogP contribution >= 0.6 is 19.8 Å². The highest BCUT2D eigenvalue weighted by atomic mass is 127. The molecule has 0 bridgehead atoms. The molecular formula is C8H7IO3. The SMILES string of the molecule is CC(=O)c1cccc(I(=O)=O)c1. The highest BCUT2D eigenvalue weighted by molar-refractivity contribution is 14.2. The van der Waals surface area contributed by atoms with E-state index >= 15 is 0 Å². The molecule has 0 aliphatic rings. The summed E-state index contributed by atoms with van der Waals surface area (Å²) in [6.45, 7) is 1.41. The molecule has 0 fully saturated rings. The lowest BCUT2D eigenvalue weighted by Gasteiger charge is -1.93. The zero-order valence-electron chi connectivity index (χ0n) is 6.41. The lowest BCUT2D eigenvalue weighted by Crippen LogP contribution is -1.91. The van der Waals surface area contributed by atoms with Gasteiger partial charge in [-0.1, -0.05) is 12.1 Å². The van der Waals surface area contributed by atoms with Gasteiger partial charge in [0.1, 0.15) is 0 Å². The maximum absolute atomic E-state index is 10.8. The summed E-state index contributed by atoms with van der Waals surface area (Å²) in [7, 11) is 0. The normalized spacial score (nSPS) is 10.2. The summed E-state index contributed by atoms with van der Waals surface area (Å²) in [6, 6.07) is 6.09. The van der Waals surface area contributed by atoms with Gasteiger partial charge >= 0.3 is 19.8 Å². The summed E-state index contributed by atoms with van der Waals surface area (Å²) in [4.78, 5) is 10.8. The van der Waals surface area contributed by atoms with Crippen molar-refractivity contribution in [3.63, 3.8) is 0 Å². The van der Waals surface area contributed by atoms with Crippen LogP contribution in [0.5, 0.6) is 0 Å². The molecule has 0 aliphatic heterocycles. The lowest BCUT2D eigenvalue weighted by atomic mass is 10.2. The third-order valence-electron chi connectivity index (χ3n) is 1.41. The highest BCUT2D eigenvalue weighted by Gasteiger charge is 2.02. The summed E-state index contributed by atoms with van der Waals surface area (Å²) in [5.41, 5.74) is 0.446. The first kappa shape index (κ1) is 9.31. The minimum atomic E-state index is -3.41. The Morgan fingerprint density at radius 2 is 2.00 bits per heavy atom. The highest BCUT2D eigenvalue weighted by Crippen LogP contribution is 2.17. The predicted octanol–water partition coefficient (Wildman–Crippen LogP) is 2.26. The van der Waals surface area contributed by atoms with Crippen molar-refractivity contribution in [2.24, 2.45) is 0 Å². The van der Waals surface area contributed by atoms with Crippen LogP contribution < -0.4 is 0 Å². The van der Waals surface area contributed by atoms with E-state index in [4.69, 9.17) is 0 Å². The van der Waals surface area contributed by atoms with Crippen LogP contribution in [0.4, 0.5) is 0 Å². The van der Waals surface area contributed by atoms with Gasteiger partial charge in [0, 0.05) is 5.56 Å². The Kier molecular flexibility index (Phi) is 2.91. The van der Waals surface area contributed by atoms with Crippen LogP contribution in [0.25, 0.3) is 0 Å². The number of ketones is 1. The fraction of sp³-hybridized carbons (Fsp3) is 0.125. The van der Waals surface area contributed by atoms with E-state index in [0.717, 1.165) is 0 Å². The fourth-order valence-corrected chi connectivity index (χ4v) is 1.89. The standard InChI is InChI=1S/C8H7IO3/c1-6(10)7-3-2-4-8(5-7)9(11)12/h2-5H,1H3. The number of halogens is 1. The summed E-state index contributed by atoms with van der Waals surface area (Å²) < 4.78 is 21.5. The van der Waals surface area contributed by atoms with Gasteiger partial charge < -0.3 is 0 Å². The van der Waals surface area contributed by atoms with Crippen LogP contribution in [0.1, 0.15) is 17.3 Å². The van der Waals surface area contributed by atoms with E-state index < -0.39 is 19.8 Å². The molecule has 0 N–H and O–H groups in total. The van der Waals surface area contributed by atoms with E-state index in [0.29, 0.717) is 5.56 Å². The molecule has 0 spiro atoms. The Balaban J connectivity index is 3.21. The second kappa shape index (κ2) is 3.75. The van der Waals surface area contributed by atoms with E-state index in [-0.39, 0.29) is 9.35 Å². The van der Waals surface area contributed by atoms with Gasteiger partial charge in [0.15, 0.2) is 5.78 Å². The van der Waals surface area contributed by atoms with Gasteiger partial charge in [-0.25, -0.2) is 6.14 Å². The number of carbonyl (C=O) groups excluding carboxylic acids is 1. The van der Waals surface area contributed by atoms with Gasteiger partial charge in [-0.15, -0.1) is 0 Å². The first-order chi connectivity index (χ1) is 5.61. The molecular weight excluding hydrogens is 271 g/mol. The quantitative estimate of drug-likeness (QED) is 0.616. The van der Waals surface area contributed by atoms with Crippen molar-refractivity contribution in [1.29, 1.82) is 0 Å². The van der Waals surface area contributed by atoms with Crippen molar-refractivity contribution in [1.82, 2.24) is 0 Å². The predicted molar refractivity (Wildman–Crippen MR) is 50.5 cm³/mol. The Bertz CT molecular complexity index is 372. The molecule has 1 aromatic rings. The Morgan fingerprint density at radius 1 is 1.33 bits per heavy atom. The van der Waals surface area contributed by atoms with Crippen LogP contribution in [-0.2, 0) is 6.14 Å². The molecule has 4 heteroatoms. The Labute approximate surface area is 76.9 Å².